The molecule has 110 valence electrons. The number of hydrazine groups is 1. The van der Waals surface area contributed by atoms with Crippen molar-refractivity contribution in [2.75, 3.05) is 0 Å². The van der Waals surface area contributed by atoms with Crippen molar-refractivity contribution < 1.29 is 9.53 Å². The Kier molecular flexibility index (Phi) is 5.36. The summed E-state index contributed by atoms with van der Waals surface area (Å²) in [4.78, 5) is 11.5. The lowest BCUT2D eigenvalue weighted by atomic mass is 9.99. The van der Waals surface area contributed by atoms with E-state index in [-0.39, 0.29) is 11.8 Å². The SMILES string of the molecule is CC(C(=O)NN)c1ccc(COc2ccc(Br)cc2)cc1. The van der Waals surface area contributed by atoms with E-state index in [0.717, 1.165) is 21.3 Å². The third-order valence-electron chi connectivity index (χ3n) is 3.23. The van der Waals surface area contributed by atoms with Crippen LogP contribution in [0.25, 0.3) is 0 Å². The smallest absolute Gasteiger partial charge is 0.241 e. The van der Waals surface area contributed by atoms with Crippen molar-refractivity contribution in [3.05, 3.63) is 64.1 Å². The Morgan fingerprint density at radius 2 is 1.81 bits per heavy atom. The summed E-state index contributed by atoms with van der Waals surface area (Å²) >= 11 is 3.38. The first-order chi connectivity index (χ1) is 10.1. The predicted molar refractivity (Wildman–Crippen MR) is 85.7 cm³/mol. The van der Waals surface area contributed by atoms with E-state index in [1.165, 1.54) is 0 Å². The molecule has 0 fully saturated rings. The number of ether oxygens (including phenoxy) is 1. The minimum absolute atomic E-state index is 0.200. The van der Waals surface area contributed by atoms with Crippen molar-refractivity contribution in [2.24, 2.45) is 5.84 Å². The number of hydrogen-bond acceptors (Lipinski definition) is 3. The summed E-state index contributed by atoms with van der Waals surface area (Å²) in [6, 6.07) is 15.4. The van der Waals surface area contributed by atoms with Gasteiger partial charge in [0.1, 0.15) is 12.4 Å². The fourth-order valence-corrected chi connectivity index (χ4v) is 2.14. The maximum absolute atomic E-state index is 11.5. The molecule has 1 atom stereocenters. The van der Waals surface area contributed by atoms with Gasteiger partial charge in [-0.1, -0.05) is 40.2 Å². The van der Waals surface area contributed by atoms with Gasteiger partial charge in [-0.15, -0.1) is 0 Å². The molecular formula is C16H17BrN2O2. The van der Waals surface area contributed by atoms with Crippen LogP contribution >= 0.6 is 15.9 Å². The maximum atomic E-state index is 11.5. The highest BCUT2D eigenvalue weighted by Crippen LogP contribution is 2.19. The van der Waals surface area contributed by atoms with Gasteiger partial charge < -0.3 is 4.74 Å². The largest absolute Gasteiger partial charge is 0.489 e. The first-order valence-corrected chi connectivity index (χ1v) is 7.37. The molecule has 0 saturated carbocycles. The Hall–Kier alpha value is -1.85. The number of benzene rings is 2. The molecule has 0 bridgehead atoms. The van der Waals surface area contributed by atoms with Crippen molar-refractivity contribution >= 4 is 21.8 Å². The minimum Gasteiger partial charge on any atom is -0.489 e. The summed E-state index contributed by atoms with van der Waals surface area (Å²) < 4.78 is 6.72. The van der Waals surface area contributed by atoms with Gasteiger partial charge in [0.15, 0.2) is 0 Å². The summed E-state index contributed by atoms with van der Waals surface area (Å²) in [5.74, 6) is 5.49. The van der Waals surface area contributed by atoms with Crippen LogP contribution in [-0.4, -0.2) is 5.91 Å². The third-order valence-corrected chi connectivity index (χ3v) is 3.76. The zero-order valence-electron chi connectivity index (χ0n) is 11.7. The number of rotatable bonds is 5. The van der Waals surface area contributed by atoms with Gasteiger partial charge in [-0.05, 0) is 42.3 Å². The third kappa shape index (κ3) is 4.31. The number of amides is 1. The molecule has 0 saturated heterocycles. The highest BCUT2D eigenvalue weighted by Gasteiger charge is 2.13. The molecule has 0 aliphatic rings. The highest BCUT2D eigenvalue weighted by atomic mass is 79.9. The predicted octanol–water partition coefficient (Wildman–Crippen LogP) is 3.12. The number of nitrogens with two attached hydrogens (primary N) is 1. The molecule has 2 aromatic carbocycles. The summed E-state index contributed by atoms with van der Waals surface area (Å²) in [7, 11) is 0. The first-order valence-electron chi connectivity index (χ1n) is 6.58. The zero-order valence-corrected chi connectivity index (χ0v) is 13.3. The molecule has 0 spiro atoms. The van der Waals surface area contributed by atoms with Gasteiger partial charge in [0.05, 0.1) is 5.92 Å². The monoisotopic (exact) mass is 348 g/mol. The number of nitrogens with one attached hydrogen (secondary N) is 1. The van der Waals surface area contributed by atoms with E-state index >= 15 is 0 Å². The summed E-state index contributed by atoms with van der Waals surface area (Å²) in [6.45, 7) is 2.30. The number of hydrogen-bond donors (Lipinski definition) is 2. The number of carbonyl (C=O) groups excluding carboxylic acids is 1. The zero-order chi connectivity index (χ0) is 15.2. The molecule has 21 heavy (non-hydrogen) atoms. The average molecular weight is 349 g/mol. The summed E-state index contributed by atoms with van der Waals surface area (Å²) in [6.07, 6.45) is 0. The van der Waals surface area contributed by atoms with Gasteiger partial charge in [-0.25, -0.2) is 5.84 Å². The highest BCUT2D eigenvalue weighted by molar-refractivity contribution is 9.10. The molecule has 4 nitrogen and oxygen atoms in total. The second-order valence-electron chi connectivity index (χ2n) is 4.71. The summed E-state index contributed by atoms with van der Waals surface area (Å²) in [5.41, 5.74) is 4.13. The standard InChI is InChI=1S/C16H17BrN2O2/c1-11(16(20)19-18)13-4-2-12(3-5-13)10-21-15-8-6-14(17)7-9-15/h2-9,11H,10,18H2,1H3,(H,19,20). The second-order valence-corrected chi connectivity index (χ2v) is 5.63. The van der Waals surface area contributed by atoms with Crippen molar-refractivity contribution in [3.63, 3.8) is 0 Å². The molecule has 0 aliphatic carbocycles. The van der Waals surface area contributed by atoms with Crippen LogP contribution in [-0.2, 0) is 11.4 Å². The van der Waals surface area contributed by atoms with E-state index in [0.29, 0.717) is 6.61 Å². The lowest BCUT2D eigenvalue weighted by Gasteiger charge is -2.11. The van der Waals surface area contributed by atoms with Gasteiger partial charge in [0, 0.05) is 4.47 Å². The molecule has 0 aliphatic heterocycles. The number of carbonyl (C=O) groups is 1. The Bertz CT molecular complexity index is 597. The quantitative estimate of drug-likeness (QED) is 0.495. The lowest BCUT2D eigenvalue weighted by Crippen LogP contribution is -2.33. The van der Waals surface area contributed by atoms with Crippen LogP contribution in [0.5, 0.6) is 5.75 Å². The molecule has 3 N–H and O–H groups in total. The van der Waals surface area contributed by atoms with E-state index in [4.69, 9.17) is 10.6 Å². The molecule has 5 heteroatoms. The van der Waals surface area contributed by atoms with E-state index < -0.39 is 0 Å². The van der Waals surface area contributed by atoms with Crippen molar-refractivity contribution in [1.29, 1.82) is 0 Å². The lowest BCUT2D eigenvalue weighted by molar-refractivity contribution is -0.122. The topological polar surface area (TPSA) is 64.4 Å². The van der Waals surface area contributed by atoms with Crippen molar-refractivity contribution in [3.8, 4) is 5.75 Å². The molecular weight excluding hydrogens is 332 g/mol. The minimum atomic E-state index is -0.267. The van der Waals surface area contributed by atoms with Crippen LogP contribution in [0, 0.1) is 0 Å². The Morgan fingerprint density at radius 3 is 2.38 bits per heavy atom. The fraction of sp³-hybridized carbons (Fsp3) is 0.188. The maximum Gasteiger partial charge on any atom is 0.241 e. The molecule has 1 unspecified atom stereocenters. The van der Waals surface area contributed by atoms with Crippen LogP contribution in [0.4, 0.5) is 0 Å². The second kappa shape index (κ2) is 7.24. The molecule has 1 amide bonds. The molecule has 0 aromatic heterocycles. The van der Waals surface area contributed by atoms with E-state index in [1.54, 1.807) is 0 Å². The van der Waals surface area contributed by atoms with Gasteiger partial charge in [-0.2, -0.15) is 0 Å². The van der Waals surface area contributed by atoms with Gasteiger partial charge in [-0.3, -0.25) is 10.2 Å². The summed E-state index contributed by atoms with van der Waals surface area (Å²) in [5, 5.41) is 0. The van der Waals surface area contributed by atoms with Crippen LogP contribution in [0.1, 0.15) is 24.0 Å². The van der Waals surface area contributed by atoms with E-state index in [1.807, 2.05) is 55.5 Å². The Morgan fingerprint density at radius 1 is 1.19 bits per heavy atom. The van der Waals surface area contributed by atoms with Crippen molar-refractivity contribution in [2.45, 2.75) is 19.4 Å². The van der Waals surface area contributed by atoms with Gasteiger partial charge in [0.25, 0.3) is 0 Å². The average Bonchev–Trinajstić information content (AvgIpc) is 2.53. The molecule has 2 aromatic rings. The van der Waals surface area contributed by atoms with E-state index in [9.17, 15) is 4.79 Å². The molecule has 0 heterocycles. The van der Waals surface area contributed by atoms with Crippen LogP contribution in [0.2, 0.25) is 0 Å². The first kappa shape index (κ1) is 15.5. The van der Waals surface area contributed by atoms with Crippen LogP contribution in [0.3, 0.4) is 0 Å². The Balaban J connectivity index is 1.96. The van der Waals surface area contributed by atoms with Crippen LogP contribution in [0.15, 0.2) is 53.0 Å². The van der Waals surface area contributed by atoms with Gasteiger partial charge >= 0.3 is 0 Å². The Labute approximate surface area is 132 Å². The molecule has 0 radical (unpaired) electrons. The van der Waals surface area contributed by atoms with Gasteiger partial charge in [0.2, 0.25) is 5.91 Å². The normalized spacial score (nSPS) is 11.8. The fourth-order valence-electron chi connectivity index (χ4n) is 1.88. The molecule has 2 rings (SSSR count). The number of halogens is 1. The van der Waals surface area contributed by atoms with E-state index in [2.05, 4.69) is 21.4 Å². The van der Waals surface area contributed by atoms with Crippen molar-refractivity contribution in [1.82, 2.24) is 5.43 Å². The van der Waals surface area contributed by atoms with Crippen LogP contribution < -0.4 is 16.0 Å².